The topological polar surface area (TPSA) is 107 Å². The summed E-state index contributed by atoms with van der Waals surface area (Å²) in [4.78, 5) is 49.4. The Morgan fingerprint density at radius 1 is 0.857 bits per heavy atom. The van der Waals surface area contributed by atoms with Gasteiger partial charge in [-0.15, -0.1) is 23.2 Å². The van der Waals surface area contributed by atoms with E-state index in [1.54, 1.807) is 0 Å². The summed E-state index contributed by atoms with van der Waals surface area (Å²) in [5.74, 6) is -2.84. The van der Waals surface area contributed by atoms with Crippen molar-refractivity contribution in [2.24, 2.45) is 11.8 Å². The number of unbranched alkanes of at least 4 members (excludes halogenated alkanes) is 2. The number of carbonyl (C=O) groups is 3. The van der Waals surface area contributed by atoms with Crippen LogP contribution in [0.1, 0.15) is 53.5 Å². The van der Waals surface area contributed by atoms with Crippen LogP contribution in [0.4, 0.5) is 5.69 Å². The molecule has 2 atom stereocenters. The molecule has 42 heavy (non-hydrogen) atoms. The van der Waals surface area contributed by atoms with Crippen LogP contribution in [0.2, 0.25) is 5.02 Å². The Kier molecular flexibility index (Phi) is 7.28. The van der Waals surface area contributed by atoms with Crippen molar-refractivity contribution in [3.05, 3.63) is 110 Å². The highest BCUT2D eigenvalue weighted by Gasteiger charge is 2.72. The third kappa shape index (κ3) is 4.22. The molecule has 3 aromatic rings. The summed E-state index contributed by atoms with van der Waals surface area (Å²) < 4.78 is 5.22. The Labute approximate surface area is 256 Å². The van der Waals surface area contributed by atoms with E-state index < -0.39 is 32.5 Å². The highest BCUT2D eigenvalue weighted by atomic mass is 35.5. The standard InChI is InChI=1S/C31H25Cl3N2O6/c32-19-14-13-18(24(16-19)36(40)41)17-42-25(37)12-2-1-7-15-35-28(38)26-27(29(35)39)31(34)21-9-4-3-8-20(21)30(26,33)22-10-5-6-11-23(22)31/h3-6,8-11,13-14,16,26-27H,1-2,7,12,15,17H2/t26-,27-,30?,31?/m0/s1. The maximum absolute atomic E-state index is 13.8. The highest BCUT2D eigenvalue weighted by molar-refractivity contribution is 6.36. The molecule has 7 rings (SSSR count). The van der Waals surface area contributed by atoms with Crippen LogP contribution in [0.15, 0.2) is 66.7 Å². The van der Waals surface area contributed by atoms with E-state index in [0.29, 0.717) is 19.3 Å². The molecule has 3 aromatic carbocycles. The molecule has 4 aliphatic rings. The number of carbonyl (C=O) groups excluding carboxylic acids is 3. The molecule has 0 aromatic heterocycles. The van der Waals surface area contributed by atoms with E-state index in [4.69, 9.17) is 39.5 Å². The summed E-state index contributed by atoms with van der Waals surface area (Å²) in [6.07, 6.45) is 1.59. The van der Waals surface area contributed by atoms with Gasteiger partial charge in [-0.3, -0.25) is 29.4 Å². The van der Waals surface area contributed by atoms with E-state index in [1.165, 1.54) is 23.1 Å². The Morgan fingerprint density at radius 3 is 1.88 bits per heavy atom. The lowest BCUT2D eigenvalue weighted by Crippen LogP contribution is -2.57. The minimum Gasteiger partial charge on any atom is -0.461 e. The van der Waals surface area contributed by atoms with E-state index in [9.17, 15) is 24.5 Å². The summed E-state index contributed by atoms with van der Waals surface area (Å²) in [6.45, 7) is -0.0552. The summed E-state index contributed by atoms with van der Waals surface area (Å²) in [7, 11) is 0. The van der Waals surface area contributed by atoms with Crippen molar-refractivity contribution in [2.45, 2.75) is 42.0 Å². The molecule has 2 bridgehead atoms. The van der Waals surface area contributed by atoms with Crippen LogP contribution in [-0.2, 0) is 35.5 Å². The zero-order valence-electron chi connectivity index (χ0n) is 22.2. The molecule has 0 N–H and O–H groups in total. The van der Waals surface area contributed by atoms with Crippen LogP contribution in [0.3, 0.4) is 0 Å². The molecule has 1 heterocycles. The van der Waals surface area contributed by atoms with Crippen molar-refractivity contribution < 1.29 is 24.0 Å². The first-order valence-corrected chi connectivity index (χ1v) is 14.7. The van der Waals surface area contributed by atoms with Gasteiger partial charge in [0.1, 0.15) is 16.4 Å². The van der Waals surface area contributed by atoms with E-state index in [1.807, 2.05) is 48.5 Å². The lowest BCUT2D eigenvalue weighted by Gasteiger charge is -2.54. The number of amides is 2. The second-order valence-electron chi connectivity index (χ2n) is 10.8. The number of likely N-dealkylation sites (tertiary alicyclic amines) is 1. The number of halogens is 3. The van der Waals surface area contributed by atoms with Crippen LogP contribution in [0, 0.1) is 22.0 Å². The number of rotatable bonds is 9. The SMILES string of the molecule is O=C(CCCCCN1C(=O)[C@@H]2[C@@H](C1=O)C1(Cl)c3ccccc3C2(Cl)c2ccccc21)OCc1ccc(Cl)cc1[N+](=O)[O-]. The van der Waals surface area contributed by atoms with Crippen LogP contribution < -0.4 is 0 Å². The number of benzene rings is 3. The number of nitro groups is 1. The van der Waals surface area contributed by atoms with E-state index >= 15 is 0 Å². The lowest BCUT2D eigenvalue weighted by molar-refractivity contribution is -0.385. The summed E-state index contributed by atoms with van der Waals surface area (Å²) in [6, 6.07) is 19.2. The van der Waals surface area contributed by atoms with E-state index in [2.05, 4.69) is 0 Å². The van der Waals surface area contributed by atoms with Gasteiger partial charge in [0.05, 0.1) is 22.3 Å². The zero-order valence-corrected chi connectivity index (χ0v) is 24.5. The molecule has 1 fully saturated rings. The minimum absolute atomic E-state index is 0.0920. The first-order valence-electron chi connectivity index (χ1n) is 13.6. The number of hydrogen-bond donors (Lipinski definition) is 0. The minimum atomic E-state index is -1.21. The third-order valence-electron chi connectivity index (χ3n) is 8.57. The summed E-state index contributed by atoms with van der Waals surface area (Å²) in [5.41, 5.74) is 3.06. The van der Waals surface area contributed by atoms with Gasteiger partial charge in [-0.2, -0.15) is 0 Å². The first kappa shape index (κ1) is 28.6. The Hall–Kier alpha value is -3.46. The van der Waals surface area contributed by atoms with Crippen LogP contribution in [0.5, 0.6) is 0 Å². The van der Waals surface area contributed by atoms with Crippen molar-refractivity contribution in [2.75, 3.05) is 6.54 Å². The quantitative estimate of drug-likeness (QED) is 0.0675. The molecule has 0 spiro atoms. The highest BCUT2D eigenvalue weighted by Crippen LogP contribution is 2.69. The molecule has 1 saturated heterocycles. The van der Waals surface area contributed by atoms with Gasteiger partial charge in [0.2, 0.25) is 11.8 Å². The monoisotopic (exact) mass is 626 g/mol. The molecular weight excluding hydrogens is 603 g/mol. The van der Waals surface area contributed by atoms with Crippen molar-refractivity contribution >= 4 is 58.3 Å². The van der Waals surface area contributed by atoms with Crippen molar-refractivity contribution in [3.63, 3.8) is 0 Å². The van der Waals surface area contributed by atoms with E-state index in [-0.39, 0.29) is 47.7 Å². The lowest BCUT2D eigenvalue weighted by atomic mass is 9.54. The third-order valence-corrected chi connectivity index (χ3v) is 10.1. The van der Waals surface area contributed by atoms with Gasteiger partial charge in [0.15, 0.2) is 0 Å². The van der Waals surface area contributed by atoms with Gasteiger partial charge >= 0.3 is 5.97 Å². The van der Waals surface area contributed by atoms with E-state index in [0.717, 1.165) is 22.3 Å². The average molecular weight is 628 g/mol. The molecule has 1 aliphatic heterocycles. The predicted octanol–water partition coefficient (Wildman–Crippen LogP) is 6.45. The fraction of sp³-hybridized carbons (Fsp3) is 0.323. The molecule has 3 aliphatic carbocycles. The number of nitrogens with zero attached hydrogens (tertiary/aromatic N) is 2. The second-order valence-corrected chi connectivity index (χ2v) is 12.4. The van der Waals surface area contributed by atoms with Gasteiger partial charge < -0.3 is 4.74 Å². The zero-order chi connectivity index (χ0) is 29.8. The molecule has 0 radical (unpaired) electrons. The summed E-state index contributed by atoms with van der Waals surface area (Å²) >= 11 is 20.7. The average Bonchev–Trinajstić information content (AvgIpc) is 3.25. The molecule has 0 saturated carbocycles. The van der Waals surface area contributed by atoms with Gasteiger partial charge in [-0.1, -0.05) is 66.6 Å². The molecule has 216 valence electrons. The maximum Gasteiger partial charge on any atom is 0.306 e. The van der Waals surface area contributed by atoms with Gasteiger partial charge in [0, 0.05) is 24.1 Å². The van der Waals surface area contributed by atoms with Gasteiger partial charge in [-0.25, -0.2) is 0 Å². The van der Waals surface area contributed by atoms with Crippen molar-refractivity contribution in [1.82, 2.24) is 4.90 Å². The van der Waals surface area contributed by atoms with Crippen molar-refractivity contribution in [1.29, 1.82) is 0 Å². The number of hydrogen-bond acceptors (Lipinski definition) is 6. The number of imide groups is 1. The molecular formula is C31H25Cl3N2O6. The van der Waals surface area contributed by atoms with Gasteiger partial charge in [-0.05, 0) is 47.2 Å². The van der Waals surface area contributed by atoms with Crippen LogP contribution in [-0.4, -0.2) is 34.2 Å². The molecule has 0 unspecified atom stereocenters. The Bertz CT molecular complexity index is 1520. The smallest absolute Gasteiger partial charge is 0.306 e. The number of esters is 1. The van der Waals surface area contributed by atoms with Crippen LogP contribution in [0.25, 0.3) is 0 Å². The molecule has 11 heteroatoms. The number of ether oxygens (including phenoxy) is 1. The van der Waals surface area contributed by atoms with Gasteiger partial charge in [0.25, 0.3) is 5.69 Å². The fourth-order valence-electron chi connectivity index (χ4n) is 6.72. The number of nitro benzene ring substituents is 1. The number of alkyl halides is 2. The Balaban J connectivity index is 1.10. The maximum atomic E-state index is 13.8. The normalized spacial score (nSPS) is 25.2. The molecule has 8 nitrogen and oxygen atoms in total. The first-order chi connectivity index (χ1) is 20.1. The summed E-state index contributed by atoms with van der Waals surface area (Å²) in [5, 5.41) is 11.4. The second kappa shape index (κ2) is 10.7. The fourth-order valence-corrected chi connectivity index (χ4v) is 7.98. The largest absolute Gasteiger partial charge is 0.461 e. The van der Waals surface area contributed by atoms with Crippen LogP contribution >= 0.6 is 34.8 Å². The predicted molar refractivity (Wildman–Crippen MR) is 156 cm³/mol. The molecule has 2 amide bonds. The van der Waals surface area contributed by atoms with Crippen molar-refractivity contribution in [3.8, 4) is 0 Å². The Morgan fingerprint density at radius 2 is 1.38 bits per heavy atom.